The summed E-state index contributed by atoms with van der Waals surface area (Å²) in [5.41, 5.74) is 0. The fraction of sp³-hybridized carbons (Fsp3) is 0.667. The molecule has 0 aromatic heterocycles. The first-order chi connectivity index (χ1) is 2.64. The van der Waals surface area contributed by atoms with Crippen LogP contribution in [-0.4, -0.2) is 38.1 Å². The number of hydrogen-bond acceptors (Lipinski definition) is 1. The second-order valence-electron chi connectivity index (χ2n) is 0.954. The maximum atomic E-state index is 9.69. The van der Waals surface area contributed by atoms with Crippen LogP contribution in [0.2, 0.25) is 0 Å². The summed E-state index contributed by atoms with van der Waals surface area (Å²) in [6, 6.07) is 0. The Bertz CT molecular complexity index is 70.8. The number of aliphatic carboxylic acids is 1. The molecular weight excluding hydrogens is 219 g/mol. The van der Waals surface area contributed by atoms with Crippen molar-refractivity contribution in [3.63, 3.8) is 0 Å². The summed E-state index contributed by atoms with van der Waals surface area (Å²) in [6.07, 6.45) is 0. The molecule has 0 aromatic carbocycles. The van der Waals surface area contributed by atoms with Gasteiger partial charge in [-0.05, 0) is 6.92 Å². The summed E-state index contributed by atoms with van der Waals surface area (Å²) < 4.78 is -0.261. The summed E-state index contributed by atoms with van der Waals surface area (Å²) in [4.78, 5) is 9.69. The van der Waals surface area contributed by atoms with Gasteiger partial charge in [0.05, 0.1) is 0 Å². The molecule has 1 atom stereocenters. The van der Waals surface area contributed by atoms with Crippen LogP contribution in [0, 0.1) is 0 Å². The van der Waals surface area contributed by atoms with Crippen LogP contribution in [0.5, 0.6) is 0 Å². The molecule has 0 radical (unpaired) electrons. The molecule has 0 bridgehead atoms. The maximum Gasteiger partial charge on any atom is 2.00 e. The van der Waals surface area contributed by atoms with E-state index < -0.39 is 5.97 Å². The first-order valence-electron chi connectivity index (χ1n) is 1.51. The second kappa shape index (κ2) is 5.11. The SMILES string of the molecule is CC(I)C(=O)O.[H-].[H-].[Mg+2]. The normalized spacial score (nSPS) is 11.7. The van der Waals surface area contributed by atoms with Gasteiger partial charge in [0.25, 0.3) is 0 Å². The standard InChI is InChI=1S/C3H5IO2.Mg.2H/c1-2(4)3(5)6;;;/h2H,1H3,(H,5,6);;;/q;+2;2*-1. The molecular formula is C3H7IMgO2. The topological polar surface area (TPSA) is 37.3 Å². The molecule has 0 aliphatic rings. The van der Waals surface area contributed by atoms with E-state index in [1.165, 1.54) is 0 Å². The summed E-state index contributed by atoms with van der Waals surface area (Å²) in [7, 11) is 0. The number of alkyl halides is 1. The van der Waals surface area contributed by atoms with Crippen molar-refractivity contribution in [2.75, 3.05) is 0 Å². The van der Waals surface area contributed by atoms with Gasteiger partial charge >= 0.3 is 29.0 Å². The molecule has 7 heavy (non-hydrogen) atoms. The average molecular weight is 226 g/mol. The molecule has 1 unspecified atom stereocenters. The van der Waals surface area contributed by atoms with E-state index >= 15 is 0 Å². The van der Waals surface area contributed by atoms with E-state index in [0.29, 0.717) is 0 Å². The molecule has 0 aliphatic carbocycles. The van der Waals surface area contributed by atoms with Crippen molar-refractivity contribution >= 4 is 51.6 Å². The van der Waals surface area contributed by atoms with Gasteiger partial charge in [-0.15, -0.1) is 0 Å². The zero-order valence-electron chi connectivity index (χ0n) is 6.02. The molecule has 0 spiro atoms. The third-order valence-electron chi connectivity index (χ3n) is 0.340. The number of carboxylic acids is 1. The van der Waals surface area contributed by atoms with E-state index in [4.69, 9.17) is 5.11 Å². The Labute approximate surface area is 74.9 Å². The van der Waals surface area contributed by atoms with Crippen molar-refractivity contribution in [3.8, 4) is 0 Å². The van der Waals surface area contributed by atoms with Crippen molar-refractivity contribution in [1.29, 1.82) is 0 Å². The Morgan fingerprint density at radius 3 is 2.14 bits per heavy atom. The largest absolute Gasteiger partial charge is 2.00 e. The Balaban J connectivity index is -0.0000000417. The van der Waals surface area contributed by atoms with E-state index in [-0.39, 0.29) is 29.8 Å². The summed E-state index contributed by atoms with van der Waals surface area (Å²) >= 11 is 1.83. The Hall–Kier alpha value is 0.966. The van der Waals surface area contributed by atoms with E-state index in [1.807, 2.05) is 22.6 Å². The molecule has 0 fully saturated rings. The van der Waals surface area contributed by atoms with Gasteiger partial charge in [0.2, 0.25) is 0 Å². The van der Waals surface area contributed by atoms with Crippen LogP contribution in [0.1, 0.15) is 9.78 Å². The first kappa shape index (κ1) is 10.9. The number of rotatable bonds is 1. The number of carbonyl (C=O) groups is 1. The zero-order chi connectivity index (χ0) is 5.15. The zero-order valence-corrected chi connectivity index (χ0v) is 7.59. The van der Waals surface area contributed by atoms with Gasteiger partial charge in [-0.2, -0.15) is 0 Å². The smallest absolute Gasteiger partial charge is 1.00 e. The average Bonchev–Trinajstić information content (AvgIpc) is 1.36. The number of hydrogen-bond donors (Lipinski definition) is 1. The van der Waals surface area contributed by atoms with Gasteiger partial charge in [-0.25, -0.2) is 0 Å². The molecule has 0 aromatic rings. The van der Waals surface area contributed by atoms with Crippen LogP contribution >= 0.6 is 22.6 Å². The van der Waals surface area contributed by atoms with Gasteiger partial charge in [-0.1, -0.05) is 22.6 Å². The van der Waals surface area contributed by atoms with Crippen LogP contribution in [0.3, 0.4) is 0 Å². The van der Waals surface area contributed by atoms with Crippen LogP contribution in [0.4, 0.5) is 0 Å². The minimum atomic E-state index is -0.754. The quantitative estimate of drug-likeness (QED) is 0.407. The third kappa shape index (κ3) is 6.97. The number of carboxylic acid groups (broad SMARTS) is 1. The molecule has 0 aliphatic heterocycles. The monoisotopic (exact) mass is 226 g/mol. The summed E-state index contributed by atoms with van der Waals surface area (Å²) in [6.45, 7) is 1.63. The Morgan fingerprint density at radius 2 is 2.14 bits per heavy atom. The van der Waals surface area contributed by atoms with Gasteiger partial charge in [-0.3, -0.25) is 4.79 Å². The second-order valence-corrected chi connectivity index (χ2v) is 2.82. The van der Waals surface area contributed by atoms with Crippen LogP contribution in [0.15, 0.2) is 0 Å². The molecule has 1 N–H and O–H groups in total. The van der Waals surface area contributed by atoms with Gasteiger partial charge in [0.1, 0.15) is 3.92 Å². The molecule has 4 heteroatoms. The first-order valence-corrected chi connectivity index (χ1v) is 2.76. The van der Waals surface area contributed by atoms with Crippen molar-refractivity contribution in [2.45, 2.75) is 10.8 Å². The fourth-order valence-corrected chi connectivity index (χ4v) is 0. The third-order valence-corrected chi connectivity index (χ3v) is 0.873. The molecule has 0 amide bonds. The molecule has 40 valence electrons. The Morgan fingerprint density at radius 1 is 2.00 bits per heavy atom. The molecule has 2 nitrogen and oxygen atoms in total. The van der Waals surface area contributed by atoms with Crippen molar-refractivity contribution in [3.05, 3.63) is 0 Å². The number of halogens is 1. The van der Waals surface area contributed by atoms with Crippen LogP contribution in [-0.2, 0) is 4.79 Å². The summed E-state index contributed by atoms with van der Waals surface area (Å²) in [5.74, 6) is -0.754. The van der Waals surface area contributed by atoms with Gasteiger partial charge in [0.15, 0.2) is 0 Å². The van der Waals surface area contributed by atoms with Crippen molar-refractivity contribution in [2.24, 2.45) is 0 Å². The molecule has 0 saturated carbocycles. The fourth-order valence-electron chi connectivity index (χ4n) is 0. The predicted octanol–water partition coefficient (Wildman–Crippen LogP) is 0.739. The minimum absolute atomic E-state index is 0. The molecule has 0 heterocycles. The van der Waals surface area contributed by atoms with Crippen LogP contribution in [0.25, 0.3) is 0 Å². The Kier molecular flexibility index (Phi) is 7.93. The van der Waals surface area contributed by atoms with E-state index in [2.05, 4.69) is 0 Å². The minimum Gasteiger partial charge on any atom is -1.00 e. The maximum absolute atomic E-state index is 9.69. The van der Waals surface area contributed by atoms with Crippen LogP contribution < -0.4 is 0 Å². The van der Waals surface area contributed by atoms with Crippen molar-refractivity contribution < 1.29 is 12.8 Å². The van der Waals surface area contributed by atoms with Crippen molar-refractivity contribution in [1.82, 2.24) is 0 Å². The summed E-state index contributed by atoms with van der Waals surface area (Å²) in [5, 5.41) is 7.98. The molecule has 0 rings (SSSR count). The van der Waals surface area contributed by atoms with E-state index in [9.17, 15) is 4.79 Å². The van der Waals surface area contributed by atoms with Gasteiger partial charge < -0.3 is 7.96 Å². The molecule has 0 saturated heterocycles. The van der Waals surface area contributed by atoms with E-state index in [1.54, 1.807) is 6.92 Å². The predicted molar refractivity (Wildman–Crippen MR) is 39.1 cm³/mol. The van der Waals surface area contributed by atoms with E-state index in [0.717, 1.165) is 0 Å². The van der Waals surface area contributed by atoms with Gasteiger partial charge in [0, 0.05) is 0 Å².